The zero-order valence-electron chi connectivity index (χ0n) is 15.8. The van der Waals surface area contributed by atoms with Gasteiger partial charge in [0.1, 0.15) is 0 Å². The maximum Gasteiger partial charge on any atom is 0.226 e. The van der Waals surface area contributed by atoms with E-state index in [2.05, 4.69) is 11.8 Å². The van der Waals surface area contributed by atoms with Crippen LogP contribution in [0.5, 0.6) is 0 Å². The number of hydrogen-bond donors (Lipinski definition) is 0. The van der Waals surface area contributed by atoms with Crippen molar-refractivity contribution in [2.75, 3.05) is 13.1 Å². The highest BCUT2D eigenvalue weighted by Crippen LogP contribution is 2.38. The molecule has 0 atom stereocenters. The van der Waals surface area contributed by atoms with Gasteiger partial charge in [-0.15, -0.1) is 0 Å². The van der Waals surface area contributed by atoms with Crippen LogP contribution in [-0.4, -0.2) is 46.8 Å². The molecule has 1 heterocycles. The van der Waals surface area contributed by atoms with E-state index in [0.29, 0.717) is 29.8 Å². The van der Waals surface area contributed by atoms with Crippen LogP contribution in [-0.2, 0) is 9.59 Å². The van der Waals surface area contributed by atoms with Crippen molar-refractivity contribution in [1.82, 2.24) is 9.80 Å². The predicted molar refractivity (Wildman–Crippen MR) is 97.9 cm³/mol. The highest BCUT2D eigenvalue weighted by atomic mass is 16.2. The minimum atomic E-state index is 0.160. The van der Waals surface area contributed by atoms with Gasteiger partial charge in [-0.3, -0.25) is 9.59 Å². The fourth-order valence-electron chi connectivity index (χ4n) is 4.99. The number of likely N-dealkylation sites (tertiary alicyclic amines) is 1. The summed E-state index contributed by atoms with van der Waals surface area (Å²) in [7, 11) is 0. The van der Waals surface area contributed by atoms with Crippen molar-refractivity contribution in [2.24, 2.45) is 17.8 Å². The third-order valence-corrected chi connectivity index (χ3v) is 7.06. The van der Waals surface area contributed by atoms with E-state index in [9.17, 15) is 9.59 Å². The van der Waals surface area contributed by atoms with Crippen LogP contribution < -0.4 is 0 Å². The highest BCUT2D eigenvalue weighted by Gasteiger charge is 2.42. The van der Waals surface area contributed by atoms with Gasteiger partial charge in [0.2, 0.25) is 11.8 Å². The first-order chi connectivity index (χ1) is 12.2. The van der Waals surface area contributed by atoms with E-state index in [1.807, 2.05) is 4.90 Å². The number of hydrogen-bond acceptors (Lipinski definition) is 2. The standard InChI is InChI=1S/C21H34N2O2/c1-2-15-3-7-18(8-4-15)23(19-9-10-19)21(25)17-11-13-22(14-12-17)20(24)16-5-6-16/h15-19H,2-14H2,1H3. The molecule has 0 aromatic carbocycles. The smallest absolute Gasteiger partial charge is 0.226 e. The molecule has 0 aromatic rings. The summed E-state index contributed by atoms with van der Waals surface area (Å²) in [5, 5.41) is 0. The summed E-state index contributed by atoms with van der Waals surface area (Å²) in [6.07, 6.45) is 12.6. The molecule has 0 bridgehead atoms. The van der Waals surface area contributed by atoms with Gasteiger partial charge >= 0.3 is 0 Å². The molecule has 0 N–H and O–H groups in total. The predicted octanol–water partition coefficient (Wildman–Crippen LogP) is 3.59. The average Bonchev–Trinajstić information content (AvgIpc) is 3.55. The Morgan fingerprint density at radius 1 is 0.800 bits per heavy atom. The van der Waals surface area contributed by atoms with Crippen molar-refractivity contribution in [1.29, 1.82) is 0 Å². The number of amides is 2. The number of nitrogens with zero attached hydrogens (tertiary/aromatic N) is 2. The van der Waals surface area contributed by atoms with Crippen molar-refractivity contribution in [3.63, 3.8) is 0 Å². The Kier molecular flexibility index (Phi) is 5.06. The first kappa shape index (κ1) is 17.4. The Labute approximate surface area is 152 Å². The minimum Gasteiger partial charge on any atom is -0.342 e. The van der Waals surface area contributed by atoms with Crippen LogP contribution in [0.15, 0.2) is 0 Å². The van der Waals surface area contributed by atoms with Crippen LogP contribution in [0.1, 0.15) is 77.6 Å². The lowest BCUT2D eigenvalue weighted by Gasteiger charge is -2.40. The molecule has 4 fully saturated rings. The number of carbonyl (C=O) groups excluding carboxylic acids is 2. The van der Waals surface area contributed by atoms with Gasteiger partial charge in [0, 0.05) is 37.0 Å². The molecule has 0 radical (unpaired) electrons. The van der Waals surface area contributed by atoms with Crippen LogP contribution in [0.4, 0.5) is 0 Å². The molecule has 0 aromatic heterocycles. The summed E-state index contributed by atoms with van der Waals surface area (Å²) in [6.45, 7) is 3.89. The maximum atomic E-state index is 13.3. The maximum absolute atomic E-state index is 13.3. The van der Waals surface area contributed by atoms with E-state index in [1.54, 1.807) is 0 Å². The number of piperidine rings is 1. The summed E-state index contributed by atoms with van der Waals surface area (Å²) in [5.41, 5.74) is 0. The summed E-state index contributed by atoms with van der Waals surface area (Å²) in [6, 6.07) is 1.02. The Morgan fingerprint density at radius 2 is 1.36 bits per heavy atom. The minimum absolute atomic E-state index is 0.160. The van der Waals surface area contributed by atoms with Gasteiger partial charge in [0.15, 0.2) is 0 Å². The summed E-state index contributed by atoms with van der Waals surface area (Å²) in [5.74, 6) is 2.12. The quantitative estimate of drug-likeness (QED) is 0.763. The summed E-state index contributed by atoms with van der Waals surface area (Å²) < 4.78 is 0. The Morgan fingerprint density at radius 3 is 1.84 bits per heavy atom. The van der Waals surface area contributed by atoms with Gasteiger partial charge in [-0.1, -0.05) is 13.3 Å². The van der Waals surface area contributed by atoms with Crippen LogP contribution in [0.25, 0.3) is 0 Å². The zero-order valence-corrected chi connectivity index (χ0v) is 15.8. The van der Waals surface area contributed by atoms with E-state index in [0.717, 1.165) is 44.7 Å². The fourth-order valence-corrected chi connectivity index (χ4v) is 4.99. The van der Waals surface area contributed by atoms with Gasteiger partial charge < -0.3 is 9.80 Å². The highest BCUT2D eigenvalue weighted by molar-refractivity contribution is 5.82. The fraction of sp³-hybridized carbons (Fsp3) is 0.905. The second-order valence-electron chi connectivity index (χ2n) is 8.93. The van der Waals surface area contributed by atoms with Gasteiger partial charge in [0.05, 0.1) is 0 Å². The molecule has 0 unspecified atom stereocenters. The molecule has 3 saturated carbocycles. The second-order valence-corrected chi connectivity index (χ2v) is 8.93. The molecule has 4 rings (SSSR count). The number of carbonyl (C=O) groups is 2. The topological polar surface area (TPSA) is 40.6 Å². The Bertz CT molecular complexity index is 496. The van der Waals surface area contributed by atoms with Crippen molar-refractivity contribution in [3.05, 3.63) is 0 Å². The second kappa shape index (κ2) is 7.28. The molecule has 0 spiro atoms. The lowest BCUT2D eigenvalue weighted by molar-refractivity contribution is -0.144. The molecular formula is C21H34N2O2. The first-order valence-electron chi connectivity index (χ1n) is 10.8. The summed E-state index contributed by atoms with van der Waals surface area (Å²) >= 11 is 0. The molecule has 1 saturated heterocycles. The molecule has 4 heteroatoms. The van der Waals surface area contributed by atoms with Crippen molar-refractivity contribution in [3.8, 4) is 0 Å². The van der Waals surface area contributed by atoms with Gasteiger partial charge in [-0.2, -0.15) is 0 Å². The molecular weight excluding hydrogens is 312 g/mol. The van der Waals surface area contributed by atoms with Crippen LogP contribution in [0, 0.1) is 17.8 Å². The van der Waals surface area contributed by atoms with Crippen LogP contribution in [0.3, 0.4) is 0 Å². The van der Waals surface area contributed by atoms with E-state index >= 15 is 0 Å². The van der Waals surface area contributed by atoms with E-state index in [1.165, 1.54) is 44.9 Å². The van der Waals surface area contributed by atoms with Crippen LogP contribution >= 0.6 is 0 Å². The monoisotopic (exact) mass is 346 g/mol. The third-order valence-electron chi connectivity index (χ3n) is 7.06. The average molecular weight is 347 g/mol. The van der Waals surface area contributed by atoms with Gasteiger partial charge in [0.25, 0.3) is 0 Å². The van der Waals surface area contributed by atoms with E-state index in [-0.39, 0.29) is 5.92 Å². The normalized spacial score (nSPS) is 31.0. The molecule has 4 nitrogen and oxygen atoms in total. The summed E-state index contributed by atoms with van der Waals surface area (Å²) in [4.78, 5) is 29.8. The lowest BCUT2D eigenvalue weighted by Crippen LogP contribution is -2.49. The van der Waals surface area contributed by atoms with Crippen molar-refractivity contribution >= 4 is 11.8 Å². The SMILES string of the molecule is CCC1CCC(N(C(=O)C2CCN(C(=O)C3CC3)CC2)C2CC2)CC1. The van der Waals surface area contributed by atoms with Crippen LogP contribution in [0.2, 0.25) is 0 Å². The number of rotatable bonds is 5. The van der Waals surface area contributed by atoms with Crippen molar-refractivity contribution in [2.45, 2.75) is 89.6 Å². The van der Waals surface area contributed by atoms with E-state index in [4.69, 9.17) is 0 Å². The molecule has 2 amide bonds. The first-order valence-corrected chi connectivity index (χ1v) is 10.8. The molecule has 140 valence electrons. The lowest BCUT2D eigenvalue weighted by atomic mass is 9.83. The van der Waals surface area contributed by atoms with Gasteiger partial charge in [-0.25, -0.2) is 0 Å². The zero-order chi connectivity index (χ0) is 17.4. The Hall–Kier alpha value is -1.06. The largest absolute Gasteiger partial charge is 0.342 e. The van der Waals surface area contributed by atoms with Crippen molar-refractivity contribution < 1.29 is 9.59 Å². The third kappa shape index (κ3) is 3.88. The molecule has 3 aliphatic carbocycles. The molecule has 4 aliphatic rings. The van der Waals surface area contributed by atoms with E-state index < -0.39 is 0 Å². The molecule has 25 heavy (non-hydrogen) atoms. The molecule has 1 aliphatic heterocycles. The Balaban J connectivity index is 1.33. The van der Waals surface area contributed by atoms with Gasteiger partial charge in [-0.05, 0) is 70.1 Å².